The van der Waals surface area contributed by atoms with E-state index in [9.17, 15) is 4.79 Å². The van der Waals surface area contributed by atoms with Gasteiger partial charge in [0.05, 0.1) is 17.4 Å². The van der Waals surface area contributed by atoms with Crippen LogP contribution < -0.4 is 5.56 Å². The lowest BCUT2D eigenvalue weighted by molar-refractivity contribution is 1.01. The van der Waals surface area contributed by atoms with Crippen molar-refractivity contribution in [2.75, 3.05) is 0 Å². The van der Waals surface area contributed by atoms with Crippen molar-refractivity contribution in [1.82, 2.24) is 9.55 Å². The second-order valence-corrected chi connectivity index (χ2v) is 4.53. The van der Waals surface area contributed by atoms with E-state index >= 15 is 0 Å². The maximum absolute atomic E-state index is 12.4. The van der Waals surface area contributed by atoms with Gasteiger partial charge in [-0.3, -0.25) is 14.3 Å². The van der Waals surface area contributed by atoms with Crippen molar-refractivity contribution in [2.45, 2.75) is 6.92 Å². The lowest BCUT2D eigenvalue weighted by atomic mass is 10.1. The molecule has 3 aromatic rings. The number of rotatable bonds is 1. The van der Waals surface area contributed by atoms with E-state index in [0.29, 0.717) is 5.69 Å². The summed E-state index contributed by atoms with van der Waals surface area (Å²) < 4.78 is 1.53. The van der Waals surface area contributed by atoms with Gasteiger partial charge < -0.3 is 0 Å². The molecule has 2 heterocycles. The molecule has 4 nitrogen and oxygen atoms in total. The number of para-hydroxylation sites is 1. The van der Waals surface area contributed by atoms with Gasteiger partial charge in [-0.05, 0) is 31.2 Å². The fraction of sp³-hybridized carbons (Fsp3) is 0.0625. The summed E-state index contributed by atoms with van der Waals surface area (Å²) >= 11 is 0. The van der Waals surface area contributed by atoms with Gasteiger partial charge >= 0.3 is 0 Å². The van der Waals surface area contributed by atoms with Gasteiger partial charge in [-0.15, -0.1) is 0 Å². The van der Waals surface area contributed by atoms with Crippen LogP contribution in [0.4, 0.5) is 0 Å². The fourth-order valence-electron chi connectivity index (χ4n) is 2.19. The minimum atomic E-state index is -0.322. The van der Waals surface area contributed by atoms with Crippen LogP contribution in [-0.2, 0) is 0 Å². The van der Waals surface area contributed by atoms with Crippen molar-refractivity contribution in [1.29, 1.82) is 5.26 Å². The molecule has 0 unspecified atom stereocenters. The molecule has 0 atom stereocenters. The van der Waals surface area contributed by atoms with E-state index in [1.807, 2.05) is 49.4 Å². The number of pyridine rings is 2. The van der Waals surface area contributed by atoms with Gasteiger partial charge in [0.25, 0.3) is 5.56 Å². The van der Waals surface area contributed by atoms with Gasteiger partial charge in [-0.2, -0.15) is 5.26 Å². The van der Waals surface area contributed by atoms with Gasteiger partial charge in [0, 0.05) is 11.1 Å². The van der Waals surface area contributed by atoms with Gasteiger partial charge in [0.2, 0.25) is 0 Å². The Balaban J connectivity index is 2.44. The van der Waals surface area contributed by atoms with Crippen molar-refractivity contribution in [2.24, 2.45) is 0 Å². The van der Waals surface area contributed by atoms with Crippen molar-refractivity contribution in [3.63, 3.8) is 0 Å². The summed E-state index contributed by atoms with van der Waals surface area (Å²) in [5, 5.41) is 9.97. The topological polar surface area (TPSA) is 58.7 Å². The number of nitrogens with zero attached hydrogens (tertiary/aromatic N) is 3. The normalized spacial score (nSPS) is 10.4. The lowest BCUT2D eigenvalue weighted by Gasteiger charge is -2.10. The molecule has 0 aliphatic heterocycles. The second-order valence-electron chi connectivity index (χ2n) is 4.53. The zero-order valence-corrected chi connectivity index (χ0v) is 10.9. The first-order valence-electron chi connectivity index (χ1n) is 6.18. The summed E-state index contributed by atoms with van der Waals surface area (Å²) in [6.07, 6.45) is 1.64. The number of hydrogen-bond donors (Lipinski definition) is 0. The Morgan fingerprint density at radius 2 is 2.00 bits per heavy atom. The zero-order chi connectivity index (χ0) is 14.1. The Morgan fingerprint density at radius 1 is 1.20 bits per heavy atom. The molecule has 0 bridgehead atoms. The second kappa shape index (κ2) is 4.63. The predicted molar refractivity (Wildman–Crippen MR) is 76.8 cm³/mol. The van der Waals surface area contributed by atoms with Crippen molar-refractivity contribution in [3.05, 3.63) is 70.3 Å². The van der Waals surface area contributed by atoms with Crippen LogP contribution in [0.25, 0.3) is 16.6 Å². The average molecular weight is 261 g/mol. The molecule has 0 fully saturated rings. The summed E-state index contributed by atoms with van der Waals surface area (Å²) in [5.41, 5.74) is 2.11. The van der Waals surface area contributed by atoms with E-state index in [1.54, 1.807) is 12.3 Å². The van der Waals surface area contributed by atoms with Crippen LogP contribution in [0.3, 0.4) is 0 Å². The first-order valence-corrected chi connectivity index (χ1v) is 6.18. The molecule has 0 amide bonds. The number of aryl methyl sites for hydroxylation is 1. The van der Waals surface area contributed by atoms with Gasteiger partial charge in [0.15, 0.2) is 0 Å². The smallest absolute Gasteiger partial charge is 0.273 e. The lowest BCUT2D eigenvalue weighted by Crippen LogP contribution is -2.21. The molecule has 0 saturated carbocycles. The monoisotopic (exact) mass is 261 g/mol. The third kappa shape index (κ3) is 1.86. The highest BCUT2D eigenvalue weighted by Gasteiger charge is 2.10. The minimum absolute atomic E-state index is 0.129. The molecule has 0 saturated heterocycles. The van der Waals surface area contributed by atoms with E-state index in [2.05, 4.69) is 4.98 Å². The molecule has 1 aromatic carbocycles. The average Bonchev–Trinajstić information content (AvgIpc) is 2.48. The Morgan fingerprint density at radius 3 is 2.70 bits per heavy atom. The van der Waals surface area contributed by atoms with Gasteiger partial charge in [0.1, 0.15) is 11.6 Å². The zero-order valence-electron chi connectivity index (χ0n) is 10.9. The molecule has 3 rings (SSSR count). The summed E-state index contributed by atoms with van der Waals surface area (Å²) in [6.45, 7) is 1.89. The summed E-state index contributed by atoms with van der Waals surface area (Å²) in [4.78, 5) is 16.6. The molecular weight excluding hydrogens is 250 g/mol. The summed E-state index contributed by atoms with van der Waals surface area (Å²) in [6, 6.07) is 14.7. The molecule has 2 aromatic heterocycles. The first kappa shape index (κ1) is 12.1. The Labute approximate surface area is 115 Å². The van der Waals surface area contributed by atoms with Crippen LogP contribution in [0.15, 0.2) is 53.5 Å². The molecule has 0 aliphatic carbocycles. The minimum Gasteiger partial charge on any atom is -0.274 e. The summed E-state index contributed by atoms with van der Waals surface area (Å²) in [7, 11) is 0. The Kier molecular flexibility index (Phi) is 2.81. The maximum Gasteiger partial charge on any atom is 0.273 e. The fourth-order valence-corrected chi connectivity index (χ4v) is 2.19. The predicted octanol–water partition coefficient (Wildman–Crippen LogP) is 2.57. The molecule has 0 aliphatic rings. The van der Waals surface area contributed by atoms with Crippen molar-refractivity contribution >= 4 is 10.9 Å². The number of aromatic nitrogens is 2. The van der Waals surface area contributed by atoms with Crippen LogP contribution in [-0.4, -0.2) is 9.55 Å². The van der Waals surface area contributed by atoms with E-state index < -0.39 is 0 Å². The largest absolute Gasteiger partial charge is 0.274 e. The van der Waals surface area contributed by atoms with Crippen molar-refractivity contribution in [3.8, 4) is 11.8 Å². The highest BCUT2D eigenvalue weighted by Crippen LogP contribution is 2.17. The van der Waals surface area contributed by atoms with E-state index in [4.69, 9.17) is 5.26 Å². The third-order valence-corrected chi connectivity index (χ3v) is 3.19. The molecule has 4 heteroatoms. The van der Waals surface area contributed by atoms with E-state index in [-0.39, 0.29) is 11.1 Å². The van der Waals surface area contributed by atoms with Crippen molar-refractivity contribution < 1.29 is 0 Å². The van der Waals surface area contributed by atoms with Gasteiger partial charge in [-0.1, -0.05) is 18.2 Å². The Bertz CT molecular complexity index is 886. The molecule has 0 radical (unpaired) electrons. The quantitative estimate of drug-likeness (QED) is 0.676. The molecule has 0 spiro atoms. The molecule has 96 valence electrons. The van der Waals surface area contributed by atoms with E-state index in [1.165, 1.54) is 4.57 Å². The van der Waals surface area contributed by atoms with E-state index in [0.717, 1.165) is 16.6 Å². The first-order chi connectivity index (χ1) is 9.70. The Hall–Kier alpha value is -2.93. The molecular formula is C16H11N3O. The van der Waals surface area contributed by atoms with Gasteiger partial charge in [-0.25, -0.2) is 0 Å². The van der Waals surface area contributed by atoms with Crippen LogP contribution in [0.1, 0.15) is 11.3 Å². The molecule has 20 heavy (non-hydrogen) atoms. The standard InChI is InChI=1S/C16H11N3O/c1-11-6-7-14(10-18-11)19-15-5-3-2-4-12(15)8-13(9-17)16(19)20/h2-8,10H,1H3. The SMILES string of the molecule is Cc1ccc(-n2c(=O)c(C#N)cc3ccccc32)cn1. The highest BCUT2D eigenvalue weighted by molar-refractivity contribution is 5.81. The number of hydrogen-bond acceptors (Lipinski definition) is 3. The number of fused-ring (bicyclic) bond motifs is 1. The molecule has 0 N–H and O–H groups in total. The maximum atomic E-state index is 12.4. The number of benzene rings is 1. The van der Waals surface area contributed by atoms with Crippen LogP contribution >= 0.6 is 0 Å². The van der Waals surface area contributed by atoms with Crippen LogP contribution in [0.5, 0.6) is 0 Å². The van der Waals surface area contributed by atoms with Crippen LogP contribution in [0, 0.1) is 18.3 Å². The highest BCUT2D eigenvalue weighted by atomic mass is 16.1. The third-order valence-electron chi connectivity index (χ3n) is 3.19. The number of nitriles is 1. The van der Waals surface area contributed by atoms with Crippen LogP contribution in [0.2, 0.25) is 0 Å². The summed E-state index contributed by atoms with van der Waals surface area (Å²) in [5.74, 6) is 0.